The van der Waals surface area contributed by atoms with Crippen LogP contribution in [0, 0.1) is 11.8 Å². The predicted octanol–water partition coefficient (Wildman–Crippen LogP) is 6.73. The Hall–Kier alpha value is -2.62. The molecule has 2 N–H and O–H groups in total. The Balaban J connectivity index is 1.24. The lowest BCUT2D eigenvalue weighted by molar-refractivity contribution is -0.126. The van der Waals surface area contributed by atoms with E-state index < -0.39 is 0 Å². The molecule has 194 valence electrons. The van der Waals surface area contributed by atoms with Gasteiger partial charge in [0.1, 0.15) is 0 Å². The first-order valence-corrected chi connectivity index (χ1v) is 14.3. The molecule has 2 fully saturated rings. The molecule has 4 heteroatoms. The summed E-state index contributed by atoms with van der Waals surface area (Å²) >= 11 is 0. The summed E-state index contributed by atoms with van der Waals surface area (Å²) < 4.78 is 0. The maximum Gasteiger partial charge on any atom is 0.220 e. The van der Waals surface area contributed by atoms with E-state index in [-0.39, 0.29) is 24.7 Å². The number of hydrogen-bond acceptors (Lipinski definition) is 2. The molecule has 0 aromatic heterocycles. The molecule has 2 aliphatic carbocycles. The number of carbonyl (C=O) groups excluding carboxylic acids is 2. The first-order valence-electron chi connectivity index (χ1n) is 14.3. The number of hydrogen-bond donors (Lipinski definition) is 2. The quantitative estimate of drug-likeness (QED) is 0.368. The first kappa shape index (κ1) is 26.4. The van der Waals surface area contributed by atoms with Gasteiger partial charge in [0.25, 0.3) is 0 Å². The molecule has 2 aliphatic rings. The molecule has 2 unspecified atom stereocenters. The third-order valence-corrected chi connectivity index (χ3v) is 8.51. The van der Waals surface area contributed by atoms with Crippen LogP contribution in [0.15, 0.2) is 60.7 Å². The molecule has 2 aromatic rings. The third kappa shape index (κ3) is 7.94. The topological polar surface area (TPSA) is 58.2 Å². The summed E-state index contributed by atoms with van der Waals surface area (Å²) in [6, 6.07) is 21.2. The van der Waals surface area contributed by atoms with Crippen LogP contribution in [0.3, 0.4) is 0 Å². The van der Waals surface area contributed by atoms with E-state index in [4.69, 9.17) is 0 Å². The van der Waals surface area contributed by atoms with E-state index in [1.165, 1.54) is 75.3 Å². The third-order valence-electron chi connectivity index (χ3n) is 8.51. The van der Waals surface area contributed by atoms with E-state index in [1.807, 2.05) is 0 Å². The number of rotatable bonds is 11. The minimum absolute atomic E-state index is 0.0196. The maximum absolute atomic E-state index is 12.7. The fourth-order valence-corrected chi connectivity index (χ4v) is 6.44. The second-order valence-electron chi connectivity index (χ2n) is 10.9. The van der Waals surface area contributed by atoms with Gasteiger partial charge in [-0.05, 0) is 48.6 Å². The molecule has 0 aliphatic heterocycles. The van der Waals surface area contributed by atoms with Gasteiger partial charge in [0.05, 0.1) is 0 Å². The molecule has 2 saturated carbocycles. The lowest BCUT2D eigenvalue weighted by Gasteiger charge is -2.31. The summed E-state index contributed by atoms with van der Waals surface area (Å²) in [6.45, 7) is 1.32. The molecule has 2 atom stereocenters. The molecule has 0 spiro atoms. The largest absolute Gasteiger partial charge is 0.355 e. The zero-order valence-corrected chi connectivity index (χ0v) is 21.8. The zero-order chi connectivity index (χ0) is 25.0. The van der Waals surface area contributed by atoms with Gasteiger partial charge in [0.15, 0.2) is 0 Å². The van der Waals surface area contributed by atoms with E-state index in [0.717, 1.165) is 0 Å². The highest BCUT2D eigenvalue weighted by Crippen LogP contribution is 2.36. The SMILES string of the molecule is O=C(CCC(=O)NCC(c1ccccc1)C1CCCCC1)NCC(c1ccccc1)C1CCCCC1. The molecule has 36 heavy (non-hydrogen) atoms. The second kappa shape index (κ2) is 14.2. The molecule has 0 radical (unpaired) electrons. The Morgan fingerprint density at radius 3 is 1.31 bits per heavy atom. The van der Waals surface area contributed by atoms with Crippen molar-refractivity contribution >= 4 is 11.8 Å². The van der Waals surface area contributed by atoms with Crippen molar-refractivity contribution in [3.63, 3.8) is 0 Å². The second-order valence-corrected chi connectivity index (χ2v) is 10.9. The summed E-state index contributed by atoms with van der Waals surface area (Å²) in [6.07, 6.45) is 13.2. The van der Waals surface area contributed by atoms with Gasteiger partial charge in [-0.3, -0.25) is 9.59 Å². The van der Waals surface area contributed by atoms with Gasteiger partial charge in [-0.25, -0.2) is 0 Å². The van der Waals surface area contributed by atoms with Crippen LogP contribution in [0.4, 0.5) is 0 Å². The van der Waals surface area contributed by atoms with Crippen molar-refractivity contribution in [2.45, 2.75) is 88.9 Å². The van der Waals surface area contributed by atoms with Gasteiger partial charge in [-0.15, -0.1) is 0 Å². The van der Waals surface area contributed by atoms with E-state index in [2.05, 4.69) is 71.3 Å². The van der Waals surface area contributed by atoms with Crippen LogP contribution in [0.1, 0.15) is 100 Å². The fourth-order valence-electron chi connectivity index (χ4n) is 6.44. The summed E-state index contributed by atoms with van der Waals surface area (Å²) in [5, 5.41) is 6.31. The Morgan fingerprint density at radius 1 is 0.583 bits per heavy atom. The fraction of sp³-hybridized carbons (Fsp3) is 0.562. The summed E-state index contributed by atoms with van der Waals surface area (Å²) in [7, 11) is 0. The Labute approximate surface area is 217 Å². The number of benzene rings is 2. The summed E-state index contributed by atoms with van der Waals surface area (Å²) in [4.78, 5) is 25.4. The normalized spacial score (nSPS) is 18.8. The van der Waals surface area contributed by atoms with Crippen molar-refractivity contribution in [2.24, 2.45) is 11.8 Å². The smallest absolute Gasteiger partial charge is 0.220 e. The van der Waals surface area contributed by atoms with Crippen molar-refractivity contribution in [3.05, 3.63) is 71.8 Å². The highest BCUT2D eigenvalue weighted by atomic mass is 16.2. The van der Waals surface area contributed by atoms with Crippen LogP contribution in [0.2, 0.25) is 0 Å². The van der Waals surface area contributed by atoms with E-state index in [1.54, 1.807) is 0 Å². The van der Waals surface area contributed by atoms with Crippen LogP contribution >= 0.6 is 0 Å². The summed E-state index contributed by atoms with van der Waals surface area (Å²) in [5.74, 6) is 1.92. The maximum atomic E-state index is 12.7. The van der Waals surface area contributed by atoms with Crippen molar-refractivity contribution in [1.29, 1.82) is 0 Å². The van der Waals surface area contributed by atoms with Crippen molar-refractivity contribution in [2.75, 3.05) is 13.1 Å². The van der Waals surface area contributed by atoms with Crippen LogP contribution in [0.25, 0.3) is 0 Å². The molecular weight excluding hydrogens is 444 g/mol. The van der Waals surface area contributed by atoms with Crippen LogP contribution < -0.4 is 10.6 Å². The van der Waals surface area contributed by atoms with Crippen molar-refractivity contribution in [3.8, 4) is 0 Å². The minimum atomic E-state index is -0.0196. The molecule has 0 bridgehead atoms. The summed E-state index contributed by atoms with van der Waals surface area (Å²) in [5.41, 5.74) is 2.63. The van der Waals surface area contributed by atoms with Crippen molar-refractivity contribution in [1.82, 2.24) is 10.6 Å². The molecule has 4 nitrogen and oxygen atoms in total. The van der Waals surface area contributed by atoms with E-state index in [9.17, 15) is 9.59 Å². The lowest BCUT2D eigenvalue weighted by atomic mass is 9.76. The number of nitrogens with one attached hydrogen (secondary N) is 2. The average Bonchev–Trinajstić information content (AvgIpc) is 2.94. The van der Waals surface area contributed by atoms with Gasteiger partial charge in [-0.2, -0.15) is 0 Å². The van der Waals surface area contributed by atoms with Gasteiger partial charge >= 0.3 is 0 Å². The van der Waals surface area contributed by atoms with Crippen molar-refractivity contribution < 1.29 is 9.59 Å². The Kier molecular flexibility index (Phi) is 10.4. The van der Waals surface area contributed by atoms with Crippen LogP contribution in [0.5, 0.6) is 0 Å². The van der Waals surface area contributed by atoms with Crippen LogP contribution in [-0.2, 0) is 9.59 Å². The van der Waals surface area contributed by atoms with Gasteiger partial charge in [0, 0.05) is 37.8 Å². The number of carbonyl (C=O) groups is 2. The molecule has 0 heterocycles. The van der Waals surface area contributed by atoms with Gasteiger partial charge in [0.2, 0.25) is 11.8 Å². The minimum Gasteiger partial charge on any atom is -0.355 e. The standard InChI is InChI=1S/C32H44N2O2/c35-31(33-23-29(25-13-5-1-6-14-25)26-15-7-2-8-16-26)21-22-32(36)34-24-30(27-17-9-3-10-18-27)28-19-11-4-12-20-28/h1,3,5-6,9-10,13-14,17-18,26,28-30H,2,4,7-8,11-12,15-16,19-24H2,(H,33,35)(H,34,36). The molecule has 0 saturated heterocycles. The average molecular weight is 489 g/mol. The molecule has 4 rings (SSSR count). The monoisotopic (exact) mass is 488 g/mol. The van der Waals surface area contributed by atoms with Gasteiger partial charge < -0.3 is 10.6 Å². The predicted molar refractivity (Wildman–Crippen MR) is 147 cm³/mol. The zero-order valence-electron chi connectivity index (χ0n) is 21.8. The lowest BCUT2D eigenvalue weighted by Crippen LogP contribution is -2.35. The van der Waals surface area contributed by atoms with E-state index >= 15 is 0 Å². The van der Waals surface area contributed by atoms with Crippen LogP contribution in [-0.4, -0.2) is 24.9 Å². The highest BCUT2D eigenvalue weighted by Gasteiger charge is 2.27. The Bertz CT molecular complexity index is 840. The van der Waals surface area contributed by atoms with E-state index in [0.29, 0.717) is 36.8 Å². The number of amides is 2. The molecular formula is C32H44N2O2. The molecule has 2 amide bonds. The van der Waals surface area contributed by atoms with Gasteiger partial charge in [-0.1, -0.05) is 99.2 Å². The Morgan fingerprint density at radius 2 is 0.944 bits per heavy atom. The molecule has 2 aromatic carbocycles. The first-order chi connectivity index (χ1) is 17.7. The highest BCUT2D eigenvalue weighted by molar-refractivity contribution is 5.83.